The first-order valence-electron chi connectivity index (χ1n) is 5.47. The minimum absolute atomic E-state index is 0.0496. The van der Waals surface area contributed by atoms with E-state index in [2.05, 4.69) is 6.92 Å². The zero-order chi connectivity index (χ0) is 11.6. The molecule has 2 heteroatoms. The van der Waals surface area contributed by atoms with E-state index >= 15 is 0 Å². The summed E-state index contributed by atoms with van der Waals surface area (Å²) < 4.78 is 0. The van der Waals surface area contributed by atoms with Crippen molar-refractivity contribution in [3.63, 3.8) is 0 Å². The van der Waals surface area contributed by atoms with Crippen LogP contribution in [-0.2, 0) is 4.79 Å². The standard InChI is InChI=1S/C13H20O2/c1-9-5-7-12(8-6-10(2)14)11(3)13(9,4)15/h6,8-9,15H,5,7H2,1-4H3. The van der Waals surface area contributed by atoms with Gasteiger partial charge in [0.25, 0.3) is 0 Å². The maximum Gasteiger partial charge on any atom is 0.152 e. The first kappa shape index (κ1) is 12.2. The summed E-state index contributed by atoms with van der Waals surface area (Å²) in [6, 6.07) is 0. The molecule has 2 nitrogen and oxygen atoms in total. The normalized spacial score (nSPS) is 32.5. The Hall–Kier alpha value is -0.890. The molecule has 0 saturated heterocycles. The molecule has 2 atom stereocenters. The summed E-state index contributed by atoms with van der Waals surface area (Å²) in [5.41, 5.74) is 1.38. The molecule has 0 bridgehead atoms. The van der Waals surface area contributed by atoms with Gasteiger partial charge in [0, 0.05) is 0 Å². The molecule has 2 unspecified atom stereocenters. The van der Waals surface area contributed by atoms with Gasteiger partial charge in [0.1, 0.15) is 0 Å². The second-order valence-electron chi connectivity index (χ2n) is 4.68. The fourth-order valence-corrected chi connectivity index (χ4v) is 1.96. The Kier molecular flexibility index (Phi) is 3.50. The van der Waals surface area contributed by atoms with Crippen molar-refractivity contribution in [3.05, 3.63) is 23.3 Å². The molecule has 15 heavy (non-hydrogen) atoms. The monoisotopic (exact) mass is 208 g/mol. The van der Waals surface area contributed by atoms with Gasteiger partial charge in [-0.05, 0) is 56.8 Å². The summed E-state index contributed by atoms with van der Waals surface area (Å²) in [7, 11) is 0. The third-order valence-electron chi connectivity index (χ3n) is 3.57. The fraction of sp³-hybridized carbons (Fsp3) is 0.615. The first-order valence-corrected chi connectivity index (χ1v) is 5.47. The van der Waals surface area contributed by atoms with E-state index in [1.807, 2.05) is 19.9 Å². The molecule has 0 aromatic heterocycles. The van der Waals surface area contributed by atoms with Crippen LogP contribution in [0.1, 0.15) is 40.5 Å². The lowest BCUT2D eigenvalue weighted by Crippen LogP contribution is -2.37. The quantitative estimate of drug-likeness (QED) is 0.708. The van der Waals surface area contributed by atoms with Gasteiger partial charge in [0.2, 0.25) is 0 Å². The van der Waals surface area contributed by atoms with Crippen LogP contribution in [0.2, 0.25) is 0 Å². The second-order valence-corrected chi connectivity index (χ2v) is 4.68. The van der Waals surface area contributed by atoms with E-state index in [1.54, 1.807) is 6.08 Å². The maximum atomic E-state index is 10.8. The minimum atomic E-state index is -0.727. The average molecular weight is 208 g/mol. The molecule has 0 aromatic rings. The number of hydrogen-bond acceptors (Lipinski definition) is 2. The van der Waals surface area contributed by atoms with E-state index in [1.165, 1.54) is 6.92 Å². The Labute approximate surface area is 91.7 Å². The molecule has 0 spiro atoms. The Bertz CT molecular complexity index is 321. The molecule has 0 aliphatic heterocycles. The molecule has 84 valence electrons. The zero-order valence-electron chi connectivity index (χ0n) is 10.0. The fourth-order valence-electron chi connectivity index (χ4n) is 1.96. The van der Waals surface area contributed by atoms with Gasteiger partial charge in [-0.2, -0.15) is 0 Å². The lowest BCUT2D eigenvalue weighted by molar-refractivity contribution is -0.112. The molecule has 1 rings (SSSR count). The van der Waals surface area contributed by atoms with Crippen LogP contribution in [0.15, 0.2) is 23.3 Å². The van der Waals surface area contributed by atoms with Gasteiger partial charge in [-0.15, -0.1) is 0 Å². The zero-order valence-corrected chi connectivity index (χ0v) is 10.0. The highest BCUT2D eigenvalue weighted by atomic mass is 16.3. The van der Waals surface area contributed by atoms with Crippen LogP contribution >= 0.6 is 0 Å². The third-order valence-corrected chi connectivity index (χ3v) is 3.57. The Morgan fingerprint density at radius 2 is 2.20 bits per heavy atom. The predicted molar refractivity (Wildman–Crippen MR) is 61.5 cm³/mol. The van der Waals surface area contributed by atoms with Crippen molar-refractivity contribution in [1.29, 1.82) is 0 Å². The van der Waals surface area contributed by atoms with Gasteiger partial charge in [-0.1, -0.05) is 13.0 Å². The van der Waals surface area contributed by atoms with Crippen LogP contribution < -0.4 is 0 Å². The average Bonchev–Trinajstić information content (AvgIpc) is 2.14. The Morgan fingerprint density at radius 1 is 1.60 bits per heavy atom. The summed E-state index contributed by atoms with van der Waals surface area (Å²) in [6.07, 6.45) is 5.35. The van der Waals surface area contributed by atoms with Crippen LogP contribution in [0.25, 0.3) is 0 Å². The maximum absolute atomic E-state index is 10.8. The molecular formula is C13H20O2. The van der Waals surface area contributed by atoms with Crippen molar-refractivity contribution in [3.8, 4) is 0 Å². The molecule has 0 amide bonds. The van der Waals surface area contributed by atoms with Crippen molar-refractivity contribution >= 4 is 5.78 Å². The Morgan fingerprint density at radius 3 is 2.73 bits per heavy atom. The third kappa shape index (κ3) is 2.57. The van der Waals surface area contributed by atoms with Crippen molar-refractivity contribution in [2.24, 2.45) is 5.92 Å². The SMILES string of the molecule is CC(=O)C=CC1=C(C)C(C)(O)C(C)CC1. The topological polar surface area (TPSA) is 37.3 Å². The molecule has 1 aliphatic rings. The van der Waals surface area contributed by atoms with Gasteiger partial charge in [0.05, 0.1) is 5.60 Å². The molecule has 0 saturated carbocycles. The van der Waals surface area contributed by atoms with Gasteiger partial charge >= 0.3 is 0 Å². The van der Waals surface area contributed by atoms with E-state index in [-0.39, 0.29) is 11.7 Å². The smallest absolute Gasteiger partial charge is 0.152 e. The van der Waals surface area contributed by atoms with Crippen molar-refractivity contribution in [2.45, 2.75) is 46.1 Å². The highest BCUT2D eigenvalue weighted by molar-refractivity contribution is 5.87. The summed E-state index contributed by atoms with van der Waals surface area (Å²) in [4.78, 5) is 10.8. The number of carbonyl (C=O) groups excluding carboxylic acids is 1. The van der Waals surface area contributed by atoms with Gasteiger partial charge in [-0.3, -0.25) is 4.79 Å². The summed E-state index contributed by atoms with van der Waals surface area (Å²) >= 11 is 0. The number of carbonyl (C=O) groups is 1. The molecule has 1 aliphatic carbocycles. The Balaban J connectivity index is 2.99. The van der Waals surface area contributed by atoms with E-state index in [0.717, 1.165) is 24.0 Å². The summed E-state index contributed by atoms with van der Waals surface area (Å²) in [5.74, 6) is 0.334. The lowest BCUT2D eigenvalue weighted by Gasteiger charge is -2.37. The van der Waals surface area contributed by atoms with E-state index in [4.69, 9.17) is 0 Å². The minimum Gasteiger partial charge on any atom is -0.386 e. The molecule has 1 N–H and O–H groups in total. The molecule has 0 fully saturated rings. The van der Waals surface area contributed by atoms with E-state index in [0.29, 0.717) is 0 Å². The van der Waals surface area contributed by atoms with Gasteiger partial charge < -0.3 is 5.11 Å². The highest BCUT2D eigenvalue weighted by Gasteiger charge is 2.34. The van der Waals surface area contributed by atoms with Crippen molar-refractivity contribution < 1.29 is 9.90 Å². The van der Waals surface area contributed by atoms with Crippen molar-refractivity contribution in [2.75, 3.05) is 0 Å². The number of rotatable bonds is 2. The van der Waals surface area contributed by atoms with Crippen LogP contribution in [0.4, 0.5) is 0 Å². The van der Waals surface area contributed by atoms with Crippen LogP contribution in [0.5, 0.6) is 0 Å². The first-order chi connectivity index (χ1) is 6.85. The summed E-state index contributed by atoms with van der Waals surface area (Å²) in [6.45, 7) is 7.41. The predicted octanol–water partition coefficient (Wildman–Crippen LogP) is 2.63. The largest absolute Gasteiger partial charge is 0.386 e. The van der Waals surface area contributed by atoms with Crippen LogP contribution in [0, 0.1) is 5.92 Å². The molecule has 0 aromatic carbocycles. The number of ketones is 1. The number of hydrogen-bond donors (Lipinski definition) is 1. The van der Waals surface area contributed by atoms with Crippen LogP contribution in [0.3, 0.4) is 0 Å². The van der Waals surface area contributed by atoms with E-state index in [9.17, 15) is 9.90 Å². The lowest BCUT2D eigenvalue weighted by atomic mass is 9.74. The summed E-state index contributed by atoms with van der Waals surface area (Å²) in [5, 5.41) is 10.3. The van der Waals surface area contributed by atoms with E-state index < -0.39 is 5.60 Å². The molecular weight excluding hydrogens is 188 g/mol. The highest BCUT2D eigenvalue weighted by Crippen LogP contribution is 2.37. The number of aliphatic hydroxyl groups is 1. The van der Waals surface area contributed by atoms with Gasteiger partial charge in [-0.25, -0.2) is 0 Å². The van der Waals surface area contributed by atoms with Crippen LogP contribution in [-0.4, -0.2) is 16.5 Å². The van der Waals surface area contributed by atoms with Crippen molar-refractivity contribution in [1.82, 2.24) is 0 Å². The number of allylic oxidation sites excluding steroid dienone is 3. The second kappa shape index (κ2) is 4.31. The molecule has 0 radical (unpaired) electrons. The van der Waals surface area contributed by atoms with Gasteiger partial charge in [0.15, 0.2) is 5.78 Å². The molecule has 0 heterocycles.